The summed E-state index contributed by atoms with van der Waals surface area (Å²) in [5.41, 5.74) is 3.89. The molecule has 1 aliphatic heterocycles. The molecule has 234 valence electrons. The number of benzene rings is 3. The van der Waals surface area contributed by atoms with Crippen molar-refractivity contribution in [1.82, 2.24) is 10.3 Å². The molecule has 1 fully saturated rings. The number of fused-ring (bicyclic) bond motifs is 1. The Morgan fingerprint density at radius 1 is 1.07 bits per heavy atom. The minimum Gasteiger partial charge on any atom is -0.492 e. The minimum absolute atomic E-state index is 0.0808. The molecule has 0 bridgehead atoms. The number of carbonyl (C=O) groups is 1. The van der Waals surface area contributed by atoms with Crippen LogP contribution in [0.25, 0.3) is 33.2 Å². The zero-order valence-electron chi connectivity index (χ0n) is 25.5. The molecular weight excluding hydrogens is 642 g/mol. The summed E-state index contributed by atoms with van der Waals surface area (Å²) in [5, 5.41) is 14.4. The van der Waals surface area contributed by atoms with Crippen LogP contribution in [0.15, 0.2) is 60.8 Å². The molecule has 0 unspecified atom stereocenters. The first-order valence-electron chi connectivity index (χ1n) is 14.9. The molecule has 0 atom stereocenters. The van der Waals surface area contributed by atoms with Crippen molar-refractivity contribution in [2.45, 2.75) is 51.7 Å². The summed E-state index contributed by atoms with van der Waals surface area (Å²) in [6.07, 6.45) is 3.27. The third-order valence-corrected chi connectivity index (χ3v) is 8.08. The molecule has 7 nitrogen and oxygen atoms in total. The fourth-order valence-electron chi connectivity index (χ4n) is 5.57. The van der Waals surface area contributed by atoms with Gasteiger partial charge in [0.1, 0.15) is 29.1 Å². The SMILES string of the molecule is CC(C)(C)OC(=O)NC1CCN(c2c(-c3cc(F)cc(F)c3)cnc3ccc(-c4cccc(C#N)c4OCCCBr)cc23)CC1. The predicted octanol–water partition coefficient (Wildman–Crippen LogP) is 8.38. The average Bonchev–Trinajstić information content (AvgIpc) is 2.99. The van der Waals surface area contributed by atoms with Crippen LogP contribution in [-0.2, 0) is 4.74 Å². The fourth-order valence-corrected chi connectivity index (χ4v) is 5.79. The number of anilines is 1. The number of halogens is 3. The highest BCUT2D eigenvalue weighted by Crippen LogP contribution is 2.41. The number of amides is 1. The van der Waals surface area contributed by atoms with Gasteiger partial charge in [-0.3, -0.25) is 4.98 Å². The van der Waals surface area contributed by atoms with Gasteiger partial charge in [0.05, 0.1) is 23.4 Å². The van der Waals surface area contributed by atoms with Crippen LogP contribution in [0.1, 0.15) is 45.6 Å². The largest absolute Gasteiger partial charge is 0.492 e. The molecule has 1 aliphatic rings. The van der Waals surface area contributed by atoms with Crippen molar-refractivity contribution in [3.8, 4) is 34.1 Å². The summed E-state index contributed by atoms with van der Waals surface area (Å²) < 4.78 is 40.4. The summed E-state index contributed by atoms with van der Waals surface area (Å²) >= 11 is 3.43. The molecule has 0 aliphatic carbocycles. The molecule has 1 aromatic heterocycles. The zero-order valence-corrected chi connectivity index (χ0v) is 27.1. The average molecular weight is 678 g/mol. The number of rotatable bonds is 8. The highest BCUT2D eigenvalue weighted by atomic mass is 79.9. The normalized spacial score (nSPS) is 13.8. The van der Waals surface area contributed by atoms with Crippen LogP contribution in [0.3, 0.4) is 0 Å². The highest BCUT2D eigenvalue weighted by Gasteiger charge is 2.27. The van der Waals surface area contributed by atoms with Gasteiger partial charge in [-0.05, 0) is 81.5 Å². The van der Waals surface area contributed by atoms with Crippen LogP contribution in [0, 0.1) is 23.0 Å². The first-order valence-corrected chi connectivity index (χ1v) is 16.0. The Labute approximate surface area is 270 Å². The lowest BCUT2D eigenvalue weighted by molar-refractivity contribution is 0.0497. The predicted molar refractivity (Wildman–Crippen MR) is 176 cm³/mol. The van der Waals surface area contributed by atoms with Crippen LogP contribution in [0.2, 0.25) is 0 Å². The Bertz CT molecular complexity index is 1720. The fraction of sp³-hybridized carbons (Fsp3) is 0.343. The van der Waals surface area contributed by atoms with Crippen molar-refractivity contribution in [2.24, 2.45) is 0 Å². The maximum Gasteiger partial charge on any atom is 0.407 e. The monoisotopic (exact) mass is 676 g/mol. The number of piperidine rings is 1. The number of hydrogen-bond donors (Lipinski definition) is 1. The van der Waals surface area contributed by atoms with E-state index in [0.717, 1.165) is 40.0 Å². The lowest BCUT2D eigenvalue weighted by Gasteiger charge is -2.36. The van der Waals surface area contributed by atoms with Crippen molar-refractivity contribution in [3.63, 3.8) is 0 Å². The molecule has 2 heterocycles. The number of pyridine rings is 1. The van der Waals surface area contributed by atoms with Crippen LogP contribution < -0.4 is 15.0 Å². The smallest absolute Gasteiger partial charge is 0.407 e. The van der Waals surface area contributed by atoms with Crippen LogP contribution in [0.5, 0.6) is 5.75 Å². The number of ether oxygens (including phenoxy) is 2. The Hall–Kier alpha value is -4.23. The zero-order chi connectivity index (χ0) is 32.1. The molecule has 1 saturated heterocycles. The number of nitrogens with one attached hydrogen (secondary N) is 1. The Kier molecular flexibility index (Phi) is 9.88. The second-order valence-electron chi connectivity index (χ2n) is 12.0. The van der Waals surface area contributed by atoms with E-state index in [4.69, 9.17) is 9.47 Å². The number of nitriles is 1. The van der Waals surface area contributed by atoms with E-state index in [1.54, 1.807) is 12.3 Å². The number of hydrogen-bond acceptors (Lipinski definition) is 6. The maximum absolute atomic E-state index is 14.5. The van der Waals surface area contributed by atoms with E-state index in [1.165, 1.54) is 12.1 Å². The summed E-state index contributed by atoms with van der Waals surface area (Å²) in [6, 6.07) is 16.9. The molecular formula is C35H35BrF2N4O3. The van der Waals surface area contributed by atoms with Gasteiger partial charge in [-0.25, -0.2) is 13.6 Å². The number of nitrogens with zero attached hydrogens (tertiary/aromatic N) is 3. The molecule has 45 heavy (non-hydrogen) atoms. The summed E-state index contributed by atoms with van der Waals surface area (Å²) in [4.78, 5) is 19.3. The topological polar surface area (TPSA) is 87.5 Å². The second-order valence-corrected chi connectivity index (χ2v) is 12.8. The van der Waals surface area contributed by atoms with E-state index in [1.807, 2.05) is 51.1 Å². The van der Waals surface area contributed by atoms with Gasteiger partial charge in [-0.2, -0.15) is 5.26 Å². The lowest BCUT2D eigenvalue weighted by atomic mass is 9.95. The standard InChI is InChI=1S/C35H35BrF2N4O3/c1-35(2,3)45-34(43)41-27-10-13-42(14-11-27)32-29-18-22(28-7-4-6-23(20-39)33(28)44-15-5-12-36)8-9-31(29)40-21-30(32)24-16-25(37)19-26(38)17-24/h4,6-9,16-19,21,27H,5,10-15H2,1-3H3,(H,41,43). The van der Waals surface area contributed by atoms with E-state index < -0.39 is 23.3 Å². The number of carbonyl (C=O) groups excluding carboxylic acids is 1. The minimum atomic E-state index is -0.677. The van der Waals surface area contributed by atoms with Gasteiger partial charge in [-0.15, -0.1) is 0 Å². The van der Waals surface area contributed by atoms with Crippen molar-refractivity contribution < 1.29 is 23.0 Å². The third kappa shape index (κ3) is 7.71. The first-order chi connectivity index (χ1) is 21.6. The number of aromatic nitrogens is 1. The molecule has 4 aromatic rings. The molecule has 0 saturated carbocycles. The van der Waals surface area contributed by atoms with Gasteiger partial charge in [0.15, 0.2) is 0 Å². The lowest BCUT2D eigenvalue weighted by Crippen LogP contribution is -2.46. The van der Waals surface area contributed by atoms with E-state index in [2.05, 4.69) is 37.2 Å². The Morgan fingerprint density at radius 3 is 2.47 bits per heavy atom. The molecule has 3 aromatic carbocycles. The Balaban J connectivity index is 1.58. The highest BCUT2D eigenvalue weighted by molar-refractivity contribution is 9.09. The van der Waals surface area contributed by atoms with Crippen molar-refractivity contribution in [3.05, 3.63) is 78.0 Å². The van der Waals surface area contributed by atoms with E-state index in [0.29, 0.717) is 60.5 Å². The van der Waals surface area contributed by atoms with Crippen molar-refractivity contribution in [1.29, 1.82) is 5.26 Å². The van der Waals surface area contributed by atoms with Gasteiger partial charge >= 0.3 is 6.09 Å². The van der Waals surface area contributed by atoms with Gasteiger partial charge in [0, 0.05) is 53.2 Å². The second kappa shape index (κ2) is 13.8. The molecule has 0 spiro atoms. The summed E-state index contributed by atoms with van der Waals surface area (Å²) in [6.45, 7) is 7.08. The van der Waals surface area contributed by atoms with Gasteiger partial charge < -0.3 is 19.7 Å². The van der Waals surface area contributed by atoms with Crippen LogP contribution in [0.4, 0.5) is 19.3 Å². The Morgan fingerprint density at radius 2 is 1.80 bits per heavy atom. The van der Waals surface area contributed by atoms with Crippen molar-refractivity contribution >= 4 is 38.6 Å². The molecule has 1 N–H and O–H groups in total. The maximum atomic E-state index is 14.5. The van der Waals surface area contributed by atoms with Gasteiger partial charge in [0.2, 0.25) is 0 Å². The number of alkyl carbamates (subject to hydrolysis) is 1. The number of alkyl halides is 1. The van der Waals surface area contributed by atoms with Crippen LogP contribution >= 0.6 is 15.9 Å². The van der Waals surface area contributed by atoms with Gasteiger partial charge in [-0.1, -0.05) is 34.1 Å². The van der Waals surface area contributed by atoms with E-state index in [-0.39, 0.29) is 6.04 Å². The third-order valence-electron chi connectivity index (χ3n) is 7.52. The van der Waals surface area contributed by atoms with E-state index in [9.17, 15) is 18.8 Å². The quantitative estimate of drug-likeness (QED) is 0.149. The van der Waals surface area contributed by atoms with Crippen molar-refractivity contribution in [2.75, 3.05) is 29.9 Å². The summed E-state index contributed by atoms with van der Waals surface area (Å²) in [5.74, 6) is -0.848. The number of para-hydroxylation sites is 1. The summed E-state index contributed by atoms with van der Waals surface area (Å²) in [7, 11) is 0. The molecule has 1 amide bonds. The first kappa shape index (κ1) is 32.2. The van der Waals surface area contributed by atoms with Gasteiger partial charge in [0.25, 0.3) is 0 Å². The molecule has 10 heteroatoms. The molecule has 0 radical (unpaired) electrons. The van der Waals surface area contributed by atoms with E-state index >= 15 is 0 Å². The van der Waals surface area contributed by atoms with Crippen LogP contribution in [-0.4, -0.2) is 47.7 Å². The molecule has 5 rings (SSSR count).